The van der Waals surface area contributed by atoms with Crippen LogP contribution in [-0.2, 0) is 11.3 Å². The lowest BCUT2D eigenvalue weighted by molar-refractivity contribution is 0.139. The van der Waals surface area contributed by atoms with Crippen molar-refractivity contribution >= 4 is 0 Å². The topological polar surface area (TPSA) is 40.2 Å². The molecule has 0 saturated heterocycles. The van der Waals surface area contributed by atoms with Crippen LogP contribution in [0.5, 0.6) is 0 Å². The van der Waals surface area contributed by atoms with Crippen molar-refractivity contribution in [3.63, 3.8) is 0 Å². The molecule has 2 N–H and O–H groups in total. The molecule has 86 valence electrons. The summed E-state index contributed by atoms with van der Waals surface area (Å²) in [5.74, 6) is 0. The Bertz CT molecular complexity index is 270. The van der Waals surface area contributed by atoms with Crippen molar-refractivity contribution in [3.8, 4) is 0 Å². The molecule has 1 unspecified atom stereocenters. The van der Waals surface area contributed by atoms with E-state index < -0.39 is 0 Å². The monoisotopic (exact) mass is 210 g/mol. The van der Waals surface area contributed by atoms with Gasteiger partial charge in [0.2, 0.25) is 0 Å². The van der Waals surface area contributed by atoms with E-state index in [9.17, 15) is 0 Å². The maximum atomic E-state index is 6.03. The quantitative estimate of drug-likeness (QED) is 0.702. The Morgan fingerprint density at radius 3 is 2.93 bits per heavy atom. The summed E-state index contributed by atoms with van der Waals surface area (Å²) in [6.45, 7) is 6.63. The molecule has 1 rings (SSSR count). The molecule has 0 saturated carbocycles. The van der Waals surface area contributed by atoms with Gasteiger partial charge in [-0.25, -0.2) is 0 Å². The summed E-state index contributed by atoms with van der Waals surface area (Å²) >= 11 is 0. The van der Waals surface area contributed by atoms with Gasteiger partial charge in [0.25, 0.3) is 0 Å². The van der Waals surface area contributed by atoms with Gasteiger partial charge in [0.1, 0.15) is 0 Å². The molecule has 1 atom stereocenters. The zero-order chi connectivity index (χ0) is 11.1. The number of nitrogens with zero attached hydrogens (tertiary/aromatic N) is 1. The Labute approximate surface area is 92.2 Å². The number of hydrogen-bond donors (Lipinski definition) is 1. The molecule has 0 aliphatic rings. The first-order chi connectivity index (χ1) is 7.27. The molecule has 0 fully saturated rings. The minimum absolute atomic E-state index is 0.184. The van der Waals surface area contributed by atoms with Gasteiger partial charge in [-0.1, -0.05) is 13.3 Å². The molecule has 0 amide bonds. The molecule has 15 heavy (non-hydrogen) atoms. The first-order valence-corrected chi connectivity index (χ1v) is 5.77. The van der Waals surface area contributed by atoms with Crippen LogP contribution in [0.3, 0.4) is 0 Å². The van der Waals surface area contributed by atoms with Gasteiger partial charge in [0, 0.05) is 31.6 Å². The van der Waals surface area contributed by atoms with Crippen LogP contribution in [0.15, 0.2) is 18.5 Å². The van der Waals surface area contributed by atoms with E-state index in [1.54, 1.807) is 0 Å². The molecule has 0 bridgehead atoms. The molecule has 1 aromatic rings. The average Bonchev–Trinajstić information content (AvgIpc) is 2.67. The summed E-state index contributed by atoms with van der Waals surface area (Å²) in [7, 11) is 0. The van der Waals surface area contributed by atoms with Crippen molar-refractivity contribution in [3.05, 3.63) is 24.0 Å². The van der Waals surface area contributed by atoms with Gasteiger partial charge in [-0.15, -0.1) is 0 Å². The zero-order valence-electron chi connectivity index (χ0n) is 9.78. The van der Waals surface area contributed by atoms with Gasteiger partial charge in [-0.2, -0.15) is 0 Å². The van der Waals surface area contributed by atoms with Gasteiger partial charge in [0.15, 0.2) is 0 Å². The second kappa shape index (κ2) is 6.64. The predicted octanol–water partition coefficient (Wildman–Crippen LogP) is 2.32. The minimum atomic E-state index is 0.184. The molecule has 0 spiro atoms. The van der Waals surface area contributed by atoms with E-state index in [2.05, 4.69) is 30.0 Å². The maximum Gasteiger partial charge on any atom is 0.0645 e. The van der Waals surface area contributed by atoms with E-state index in [4.69, 9.17) is 10.5 Å². The summed E-state index contributed by atoms with van der Waals surface area (Å²) in [5, 5.41) is 0. The standard InChI is InChI=1S/C12H22N2O/c1-3-5-12(13)11-6-7-14(10-11)8-9-15-4-2/h6-7,10,12H,3-5,8-9,13H2,1-2H3. The third kappa shape index (κ3) is 4.06. The Morgan fingerprint density at radius 1 is 1.47 bits per heavy atom. The van der Waals surface area contributed by atoms with Crippen molar-refractivity contribution in [1.29, 1.82) is 0 Å². The predicted molar refractivity (Wildman–Crippen MR) is 62.8 cm³/mol. The van der Waals surface area contributed by atoms with E-state index in [-0.39, 0.29) is 6.04 Å². The molecular formula is C12H22N2O. The van der Waals surface area contributed by atoms with E-state index in [1.807, 2.05) is 6.92 Å². The highest BCUT2D eigenvalue weighted by atomic mass is 16.5. The van der Waals surface area contributed by atoms with Gasteiger partial charge in [-0.05, 0) is 25.0 Å². The lowest BCUT2D eigenvalue weighted by Crippen LogP contribution is -2.09. The highest BCUT2D eigenvalue weighted by Crippen LogP contribution is 2.15. The van der Waals surface area contributed by atoms with Crippen LogP contribution in [0, 0.1) is 0 Å². The molecule has 1 aromatic heterocycles. The molecule has 0 radical (unpaired) electrons. The fourth-order valence-corrected chi connectivity index (χ4v) is 1.61. The van der Waals surface area contributed by atoms with Gasteiger partial charge < -0.3 is 15.0 Å². The van der Waals surface area contributed by atoms with E-state index in [1.165, 1.54) is 5.56 Å². The van der Waals surface area contributed by atoms with Gasteiger partial charge in [0.05, 0.1) is 6.61 Å². The third-order valence-corrected chi connectivity index (χ3v) is 2.50. The SMILES string of the molecule is CCCC(N)c1ccn(CCOCC)c1. The first-order valence-electron chi connectivity index (χ1n) is 5.77. The molecule has 0 aliphatic heterocycles. The highest BCUT2D eigenvalue weighted by Gasteiger charge is 2.05. The smallest absolute Gasteiger partial charge is 0.0645 e. The zero-order valence-corrected chi connectivity index (χ0v) is 9.78. The van der Waals surface area contributed by atoms with Crippen LogP contribution in [0.2, 0.25) is 0 Å². The number of ether oxygens (including phenoxy) is 1. The maximum absolute atomic E-state index is 6.03. The molecule has 0 aliphatic carbocycles. The van der Waals surface area contributed by atoms with Crippen LogP contribution in [0.25, 0.3) is 0 Å². The number of aromatic nitrogens is 1. The van der Waals surface area contributed by atoms with Gasteiger partial charge in [-0.3, -0.25) is 0 Å². The van der Waals surface area contributed by atoms with Gasteiger partial charge >= 0.3 is 0 Å². The summed E-state index contributed by atoms with van der Waals surface area (Å²) in [6.07, 6.45) is 6.38. The Morgan fingerprint density at radius 2 is 2.27 bits per heavy atom. The van der Waals surface area contributed by atoms with Crippen molar-refractivity contribution < 1.29 is 4.74 Å². The normalized spacial score (nSPS) is 13.0. The Balaban J connectivity index is 2.41. The first kappa shape index (κ1) is 12.3. The molecule has 3 nitrogen and oxygen atoms in total. The molecule has 0 aromatic carbocycles. The summed E-state index contributed by atoms with van der Waals surface area (Å²) in [6, 6.07) is 2.29. The fourth-order valence-electron chi connectivity index (χ4n) is 1.61. The molecular weight excluding hydrogens is 188 g/mol. The summed E-state index contributed by atoms with van der Waals surface area (Å²) in [4.78, 5) is 0. The van der Waals surface area contributed by atoms with E-state index >= 15 is 0 Å². The second-order valence-corrected chi connectivity index (χ2v) is 3.77. The van der Waals surface area contributed by atoms with Crippen molar-refractivity contribution in [2.75, 3.05) is 13.2 Å². The molecule has 1 heterocycles. The minimum Gasteiger partial charge on any atom is -0.380 e. The largest absolute Gasteiger partial charge is 0.380 e. The van der Waals surface area contributed by atoms with Crippen LogP contribution in [0.4, 0.5) is 0 Å². The van der Waals surface area contributed by atoms with Crippen molar-refractivity contribution in [2.45, 2.75) is 39.3 Å². The molecule has 3 heteroatoms. The van der Waals surface area contributed by atoms with Crippen LogP contribution < -0.4 is 5.73 Å². The number of rotatable bonds is 7. The number of nitrogens with two attached hydrogens (primary N) is 1. The van der Waals surface area contributed by atoms with Crippen LogP contribution in [-0.4, -0.2) is 17.8 Å². The van der Waals surface area contributed by atoms with Crippen molar-refractivity contribution in [2.24, 2.45) is 5.73 Å². The third-order valence-electron chi connectivity index (χ3n) is 2.50. The van der Waals surface area contributed by atoms with E-state index in [0.717, 1.165) is 32.6 Å². The van der Waals surface area contributed by atoms with Crippen LogP contribution >= 0.6 is 0 Å². The van der Waals surface area contributed by atoms with Crippen LogP contribution in [0.1, 0.15) is 38.3 Å². The van der Waals surface area contributed by atoms with Crippen molar-refractivity contribution in [1.82, 2.24) is 4.57 Å². The van der Waals surface area contributed by atoms with E-state index in [0.29, 0.717) is 0 Å². The highest BCUT2D eigenvalue weighted by molar-refractivity contribution is 5.14. The second-order valence-electron chi connectivity index (χ2n) is 3.77. The number of hydrogen-bond acceptors (Lipinski definition) is 2. The fraction of sp³-hybridized carbons (Fsp3) is 0.667. The lowest BCUT2D eigenvalue weighted by atomic mass is 10.1. The summed E-state index contributed by atoms with van der Waals surface area (Å²) < 4.78 is 7.44. The summed E-state index contributed by atoms with van der Waals surface area (Å²) in [5.41, 5.74) is 7.26. The Hall–Kier alpha value is -0.800. The average molecular weight is 210 g/mol. The lowest BCUT2D eigenvalue weighted by Gasteiger charge is -2.07. The Kier molecular flexibility index (Phi) is 5.43.